The van der Waals surface area contributed by atoms with Crippen LogP contribution in [0.25, 0.3) is 0 Å². The van der Waals surface area contributed by atoms with Gasteiger partial charge in [0.05, 0.1) is 10.8 Å². The smallest absolute Gasteiger partial charge is 0.261 e. The first kappa shape index (κ1) is 24.7. The van der Waals surface area contributed by atoms with Crippen LogP contribution in [0, 0.1) is 11.7 Å². The number of sulfonamides is 1. The summed E-state index contributed by atoms with van der Waals surface area (Å²) in [7, 11) is -2.33. The number of benzene rings is 2. The average molecular weight is 478 g/mol. The van der Waals surface area contributed by atoms with Crippen molar-refractivity contribution in [1.82, 2.24) is 10.2 Å². The Balaban J connectivity index is 1.65. The summed E-state index contributed by atoms with van der Waals surface area (Å²) < 4.78 is 45.6. The van der Waals surface area contributed by atoms with Crippen molar-refractivity contribution < 1.29 is 27.1 Å². The number of carbonyl (C=O) groups excluding carboxylic acids is 2. The maximum atomic E-state index is 13.1. The minimum absolute atomic E-state index is 0.0792. The molecule has 10 heteroatoms. The number of likely N-dealkylation sites (tertiary alicyclic amines) is 1. The van der Waals surface area contributed by atoms with Gasteiger partial charge < -0.3 is 15.0 Å². The topological polar surface area (TPSA) is 105 Å². The predicted octanol–water partition coefficient (Wildman–Crippen LogP) is 2.63. The number of piperidine rings is 1. The second-order valence-corrected chi connectivity index (χ2v) is 9.55. The Bertz CT molecular complexity index is 1080. The Morgan fingerprint density at radius 3 is 2.67 bits per heavy atom. The number of hydrogen-bond donors (Lipinski definition) is 2. The number of halogens is 1. The third kappa shape index (κ3) is 6.75. The number of methoxy groups -OCH3 is 1. The van der Waals surface area contributed by atoms with Crippen molar-refractivity contribution in [1.29, 1.82) is 0 Å². The van der Waals surface area contributed by atoms with Gasteiger partial charge in [-0.1, -0.05) is 6.07 Å². The maximum Gasteiger partial charge on any atom is 0.261 e. The van der Waals surface area contributed by atoms with Crippen molar-refractivity contribution in [2.24, 2.45) is 5.92 Å². The molecule has 0 radical (unpaired) electrons. The molecule has 178 valence electrons. The number of anilines is 1. The summed E-state index contributed by atoms with van der Waals surface area (Å²) >= 11 is 0. The minimum Gasteiger partial charge on any atom is -0.385 e. The van der Waals surface area contributed by atoms with E-state index in [1.807, 2.05) is 0 Å². The minimum atomic E-state index is -3.93. The van der Waals surface area contributed by atoms with E-state index in [4.69, 9.17) is 4.74 Å². The van der Waals surface area contributed by atoms with Gasteiger partial charge in [0, 0.05) is 44.6 Å². The molecule has 2 amide bonds. The summed E-state index contributed by atoms with van der Waals surface area (Å²) in [6.07, 6.45) is 2.13. The molecule has 1 heterocycles. The van der Waals surface area contributed by atoms with Gasteiger partial charge in [0.2, 0.25) is 5.91 Å². The molecule has 0 saturated carbocycles. The number of rotatable bonds is 9. The fourth-order valence-corrected chi connectivity index (χ4v) is 4.72. The Hall–Kier alpha value is -2.98. The first-order valence-corrected chi connectivity index (χ1v) is 12.2. The SMILES string of the molecule is COCCCNC(=O)C1CCCN(C(=O)c2cccc(NS(=O)(=O)c3ccc(F)cc3)c2)C1. The van der Waals surface area contributed by atoms with Crippen LogP contribution in [0.2, 0.25) is 0 Å². The first-order chi connectivity index (χ1) is 15.8. The zero-order chi connectivity index (χ0) is 23.8. The Kier molecular flexibility index (Phi) is 8.40. The maximum absolute atomic E-state index is 13.1. The quantitative estimate of drug-likeness (QED) is 0.541. The van der Waals surface area contributed by atoms with Crippen molar-refractivity contribution in [2.45, 2.75) is 24.2 Å². The molecule has 33 heavy (non-hydrogen) atoms. The Morgan fingerprint density at radius 1 is 1.18 bits per heavy atom. The molecule has 0 aliphatic carbocycles. The van der Waals surface area contributed by atoms with E-state index in [2.05, 4.69) is 10.0 Å². The van der Waals surface area contributed by atoms with Crippen molar-refractivity contribution in [3.63, 3.8) is 0 Å². The molecular weight excluding hydrogens is 449 g/mol. The van der Waals surface area contributed by atoms with Crippen molar-refractivity contribution in [3.8, 4) is 0 Å². The second kappa shape index (κ2) is 11.2. The summed E-state index contributed by atoms with van der Waals surface area (Å²) in [5, 5.41) is 2.88. The molecule has 1 aliphatic rings. The van der Waals surface area contributed by atoms with E-state index >= 15 is 0 Å². The molecule has 0 spiro atoms. The van der Waals surface area contributed by atoms with Crippen LogP contribution in [0.3, 0.4) is 0 Å². The van der Waals surface area contributed by atoms with Crippen LogP contribution in [0.1, 0.15) is 29.6 Å². The van der Waals surface area contributed by atoms with Gasteiger partial charge in [0.1, 0.15) is 5.82 Å². The van der Waals surface area contributed by atoms with Gasteiger partial charge in [0.15, 0.2) is 0 Å². The van der Waals surface area contributed by atoms with Crippen LogP contribution in [0.15, 0.2) is 53.4 Å². The van der Waals surface area contributed by atoms with Crippen LogP contribution in [0.5, 0.6) is 0 Å². The van der Waals surface area contributed by atoms with E-state index in [1.165, 1.54) is 24.3 Å². The number of ether oxygens (including phenoxy) is 1. The number of hydrogen-bond acceptors (Lipinski definition) is 5. The molecule has 8 nitrogen and oxygen atoms in total. The standard InChI is InChI=1S/C23H28FN3O5S/c1-32-14-4-12-25-22(28)18-6-3-13-27(16-18)23(29)17-5-2-7-20(15-17)26-33(30,31)21-10-8-19(24)9-11-21/h2,5,7-11,15,18,26H,3-4,6,12-14,16H2,1H3,(H,25,28). The normalized spacial score (nSPS) is 16.3. The van der Waals surface area contributed by atoms with Gasteiger partial charge in [-0.25, -0.2) is 12.8 Å². The molecule has 1 aliphatic heterocycles. The Morgan fingerprint density at radius 2 is 1.94 bits per heavy atom. The molecule has 3 rings (SSSR count). The van der Waals surface area contributed by atoms with Crippen LogP contribution in [-0.2, 0) is 19.6 Å². The molecule has 2 aromatic rings. The molecule has 1 saturated heterocycles. The van der Waals surface area contributed by atoms with Gasteiger partial charge in [-0.05, 0) is 61.7 Å². The summed E-state index contributed by atoms with van der Waals surface area (Å²) in [5.41, 5.74) is 0.532. The van der Waals surface area contributed by atoms with E-state index in [9.17, 15) is 22.4 Å². The summed E-state index contributed by atoms with van der Waals surface area (Å²) in [4.78, 5) is 27.0. The lowest BCUT2D eigenvalue weighted by atomic mass is 9.96. The summed E-state index contributed by atoms with van der Waals surface area (Å²) in [5.74, 6) is -1.17. The molecule has 1 atom stereocenters. The van der Waals surface area contributed by atoms with Gasteiger partial charge in [-0.15, -0.1) is 0 Å². The highest BCUT2D eigenvalue weighted by atomic mass is 32.2. The van der Waals surface area contributed by atoms with Crippen LogP contribution in [-0.4, -0.2) is 58.5 Å². The van der Waals surface area contributed by atoms with Crippen LogP contribution < -0.4 is 10.0 Å². The number of nitrogens with zero attached hydrogens (tertiary/aromatic N) is 1. The lowest BCUT2D eigenvalue weighted by Gasteiger charge is -2.32. The van der Waals surface area contributed by atoms with Gasteiger partial charge >= 0.3 is 0 Å². The fourth-order valence-electron chi connectivity index (χ4n) is 3.67. The zero-order valence-corrected chi connectivity index (χ0v) is 19.2. The van der Waals surface area contributed by atoms with Gasteiger partial charge in [-0.2, -0.15) is 0 Å². The molecule has 2 N–H and O–H groups in total. The van der Waals surface area contributed by atoms with Crippen LogP contribution in [0.4, 0.5) is 10.1 Å². The average Bonchev–Trinajstić information content (AvgIpc) is 2.81. The second-order valence-electron chi connectivity index (χ2n) is 7.87. The lowest BCUT2D eigenvalue weighted by molar-refractivity contribution is -0.126. The first-order valence-electron chi connectivity index (χ1n) is 10.7. The molecule has 0 bridgehead atoms. The predicted molar refractivity (Wildman–Crippen MR) is 122 cm³/mol. The lowest BCUT2D eigenvalue weighted by Crippen LogP contribution is -2.45. The highest BCUT2D eigenvalue weighted by Gasteiger charge is 2.29. The molecular formula is C23H28FN3O5S. The molecule has 2 aromatic carbocycles. The number of carbonyl (C=O) groups is 2. The molecule has 1 unspecified atom stereocenters. The zero-order valence-electron chi connectivity index (χ0n) is 18.4. The Labute approximate surface area is 193 Å². The van der Waals surface area contributed by atoms with Crippen molar-refractivity contribution in [2.75, 3.05) is 38.1 Å². The largest absolute Gasteiger partial charge is 0.385 e. The van der Waals surface area contributed by atoms with E-state index in [-0.39, 0.29) is 28.3 Å². The van der Waals surface area contributed by atoms with E-state index in [1.54, 1.807) is 24.1 Å². The van der Waals surface area contributed by atoms with Gasteiger partial charge in [-0.3, -0.25) is 14.3 Å². The summed E-state index contributed by atoms with van der Waals surface area (Å²) in [6.45, 7) is 1.92. The molecule has 1 fully saturated rings. The van der Waals surface area contributed by atoms with E-state index < -0.39 is 15.8 Å². The van der Waals surface area contributed by atoms with Crippen molar-refractivity contribution in [3.05, 3.63) is 59.9 Å². The molecule has 0 aromatic heterocycles. The highest BCUT2D eigenvalue weighted by molar-refractivity contribution is 7.92. The van der Waals surface area contributed by atoms with E-state index in [0.29, 0.717) is 44.6 Å². The van der Waals surface area contributed by atoms with Gasteiger partial charge in [0.25, 0.3) is 15.9 Å². The number of amides is 2. The summed E-state index contributed by atoms with van der Waals surface area (Å²) in [6, 6.07) is 10.6. The third-order valence-electron chi connectivity index (χ3n) is 5.39. The van der Waals surface area contributed by atoms with E-state index in [0.717, 1.165) is 18.6 Å². The fraction of sp³-hybridized carbons (Fsp3) is 0.391. The van der Waals surface area contributed by atoms with Crippen molar-refractivity contribution >= 4 is 27.5 Å². The third-order valence-corrected chi connectivity index (χ3v) is 6.79. The number of nitrogens with one attached hydrogen (secondary N) is 2. The monoisotopic (exact) mass is 477 g/mol. The highest BCUT2D eigenvalue weighted by Crippen LogP contribution is 2.22. The van der Waals surface area contributed by atoms with Crippen LogP contribution >= 0.6 is 0 Å².